The molecule has 2 aromatic heterocycles. The number of carbonyl (C=O) groups excluding carboxylic acids is 1. The molecule has 1 saturated carbocycles. The van der Waals surface area contributed by atoms with Crippen LogP contribution >= 0.6 is 0 Å². The summed E-state index contributed by atoms with van der Waals surface area (Å²) in [7, 11) is 0. The maximum absolute atomic E-state index is 11.9. The molecule has 6 heteroatoms. The molecule has 104 valence electrons. The Kier molecular flexibility index (Phi) is 3.71. The highest BCUT2D eigenvalue weighted by Crippen LogP contribution is 2.24. The van der Waals surface area contributed by atoms with Crippen LogP contribution in [0.25, 0.3) is 5.69 Å². The Morgan fingerprint density at radius 2 is 2.05 bits per heavy atom. The summed E-state index contributed by atoms with van der Waals surface area (Å²) in [5.41, 5.74) is 1.66. The van der Waals surface area contributed by atoms with E-state index in [4.69, 9.17) is 0 Å². The summed E-state index contributed by atoms with van der Waals surface area (Å²) < 4.78 is 1.68. The molecule has 1 aliphatic rings. The lowest BCUT2D eigenvalue weighted by Gasteiger charge is -2.08. The number of nitrogens with one attached hydrogen (secondary N) is 1. The first-order valence-electron chi connectivity index (χ1n) is 6.92. The van der Waals surface area contributed by atoms with Gasteiger partial charge in [-0.05, 0) is 25.0 Å². The molecule has 20 heavy (non-hydrogen) atoms. The van der Waals surface area contributed by atoms with E-state index in [1.807, 2.05) is 18.3 Å². The molecule has 0 aliphatic heterocycles. The number of hydrogen-bond acceptors (Lipinski definition) is 4. The van der Waals surface area contributed by atoms with Gasteiger partial charge in [0.25, 0.3) is 0 Å². The van der Waals surface area contributed by atoms with Crippen LogP contribution in [0, 0.1) is 5.92 Å². The maximum Gasteiger partial charge on any atom is 0.223 e. The van der Waals surface area contributed by atoms with Crippen LogP contribution in [0.5, 0.6) is 0 Å². The van der Waals surface area contributed by atoms with Crippen molar-refractivity contribution in [3.63, 3.8) is 0 Å². The van der Waals surface area contributed by atoms with Crippen molar-refractivity contribution in [2.24, 2.45) is 5.92 Å². The lowest BCUT2D eigenvalue weighted by Crippen LogP contribution is -2.28. The van der Waals surface area contributed by atoms with Crippen molar-refractivity contribution >= 4 is 5.91 Å². The van der Waals surface area contributed by atoms with Gasteiger partial charge < -0.3 is 5.32 Å². The number of amides is 1. The average Bonchev–Trinajstić information content (AvgIpc) is 3.17. The molecule has 0 unspecified atom stereocenters. The molecular weight excluding hydrogens is 254 g/mol. The SMILES string of the molecule is O=C(NCc1cn(-c2ccncc2)nn1)C1CCCC1. The molecule has 1 amide bonds. The second kappa shape index (κ2) is 5.81. The van der Waals surface area contributed by atoms with E-state index in [9.17, 15) is 4.79 Å². The van der Waals surface area contributed by atoms with E-state index in [0.717, 1.165) is 37.1 Å². The molecule has 0 radical (unpaired) electrons. The third-order valence-electron chi connectivity index (χ3n) is 3.64. The van der Waals surface area contributed by atoms with Crippen molar-refractivity contribution in [3.05, 3.63) is 36.4 Å². The third kappa shape index (κ3) is 2.84. The predicted molar refractivity (Wildman–Crippen MR) is 73.0 cm³/mol. The summed E-state index contributed by atoms with van der Waals surface area (Å²) in [6.07, 6.45) is 9.58. The molecule has 0 bridgehead atoms. The Hall–Kier alpha value is -2.24. The van der Waals surface area contributed by atoms with E-state index < -0.39 is 0 Å². The highest BCUT2D eigenvalue weighted by molar-refractivity contribution is 5.78. The monoisotopic (exact) mass is 271 g/mol. The van der Waals surface area contributed by atoms with Crippen molar-refractivity contribution in [1.29, 1.82) is 0 Å². The second-order valence-corrected chi connectivity index (χ2v) is 5.06. The molecule has 0 aromatic carbocycles. The van der Waals surface area contributed by atoms with Gasteiger partial charge in [-0.3, -0.25) is 9.78 Å². The van der Waals surface area contributed by atoms with E-state index in [-0.39, 0.29) is 11.8 Å². The zero-order valence-electron chi connectivity index (χ0n) is 11.2. The molecule has 3 rings (SSSR count). The van der Waals surface area contributed by atoms with Gasteiger partial charge >= 0.3 is 0 Å². The summed E-state index contributed by atoms with van der Waals surface area (Å²) in [6, 6.07) is 3.71. The van der Waals surface area contributed by atoms with Gasteiger partial charge in [0, 0.05) is 18.3 Å². The van der Waals surface area contributed by atoms with Crippen molar-refractivity contribution in [1.82, 2.24) is 25.3 Å². The minimum absolute atomic E-state index is 0.140. The maximum atomic E-state index is 11.9. The molecule has 1 aliphatic carbocycles. The molecule has 2 aromatic rings. The lowest BCUT2D eigenvalue weighted by atomic mass is 10.1. The molecular formula is C14H17N5O. The van der Waals surface area contributed by atoms with Gasteiger partial charge in [0.2, 0.25) is 5.91 Å². The first kappa shape index (κ1) is 12.8. The first-order valence-corrected chi connectivity index (χ1v) is 6.92. The van der Waals surface area contributed by atoms with Crippen LogP contribution in [-0.2, 0) is 11.3 Å². The summed E-state index contributed by atoms with van der Waals surface area (Å²) in [5, 5.41) is 11.1. The number of nitrogens with zero attached hydrogens (tertiary/aromatic N) is 4. The Morgan fingerprint density at radius 1 is 1.30 bits per heavy atom. The average molecular weight is 271 g/mol. The van der Waals surface area contributed by atoms with Gasteiger partial charge in [-0.25, -0.2) is 4.68 Å². The summed E-state index contributed by atoms with van der Waals surface area (Å²) in [4.78, 5) is 15.9. The smallest absolute Gasteiger partial charge is 0.223 e. The number of aromatic nitrogens is 4. The lowest BCUT2D eigenvalue weighted by molar-refractivity contribution is -0.124. The van der Waals surface area contributed by atoms with Crippen molar-refractivity contribution < 1.29 is 4.79 Å². The molecule has 1 N–H and O–H groups in total. The zero-order valence-corrected chi connectivity index (χ0v) is 11.2. The normalized spacial score (nSPS) is 15.4. The Bertz CT molecular complexity index is 574. The van der Waals surface area contributed by atoms with Crippen LogP contribution in [-0.4, -0.2) is 25.9 Å². The molecule has 0 spiro atoms. The number of pyridine rings is 1. The van der Waals surface area contributed by atoms with Crippen LogP contribution < -0.4 is 5.32 Å². The Balaban J connectivity index is 1.59. The molecule has 0 saturated heterocycles. The van der Waals surface area contributed by atoms with E-state index in [1.165, 1.54) is 0 Å². The van der Waals surface area contributed by atoms with Gasteiger partial charge in [0.05, 0.1) is 18.4 Å². The minimum atomic E-state index is 0.140. The van der Waals surface area contributed by atoms with E-state index >= 15 is 0 Å². The van der Waals surface area contributed by atoms with Crippen LogP contribution in [0.2, 0.25) is 0 Å². The minimum Gasteiger partial charge on any atom is -0.350 e. The summed E-state index contributed by atoms with van der Waals surface area (Å²) in [6.45, 7) is 0.431. The fourth-order valence-corrected chi connectivity index (χ4v) is 2.51. The molecule has 6 nitrogen and oxygen atoms in total. The standard InChI is InChI=1S/C14H17N5O/c20-14(11-3-1-2-4-11)16-9-12-10-19(18-17-12)13-5-7-15-8-6-13/h5-8,10-11H,1-4,9H2,(H,16,20). The van der Waals surface area contributed by atoms with Crippen LogP contribution in [0.4, 0.5) is 0 Å². The zero-order chi connectivity index (χ0) is 13.8. The summed E-state index contributed by atoms with van der Waals surface area (Å²) in [5.74, 6) is 0.325. The Labute approximate surface area is 117 Å². The third-order valence-corrected chi connectivity index (χ3v) is 3.64. The van der Waals surface area contributed by atoms with E-state index in [0.29, 0.717) is 6.54 Å². The fraction of sp³-hybridized carbons (Fsp3) is 0.429. The number of rotatable bonds is 4. The number of carbonyl (C=O) groups is 1. The molecule has 2 heterocycles. The van der Waals surface area contributed by atoms with E-state index in [2.05, 4.69) is 20.6 Å². The highest BCUT2D eigenvalue weighted by atomic mass is 16.1. The van der Waals surface area contributed by atoms with Crippen LogP contribution in [0.3, 0.4) is 0 Å². The van der Waals surface area contributed by atoms with Crippen LogP contribution in [0.1, 0.15) is 31.4 Å². The van der Waals surface area contributed by atoms with Gasteiger partial charge in [-0.1, -0.05) is 18.1 Å². The van der Waals surface area contributed by atoms with Crippen molar-refractivity contribution in [2.75, 3.05) is 0 Å². The second-order valence-electron chi connectivity index (χ2n) is 5.06. The predicted octanol–water partition coefficient (Wildman–Crippen LogP) is 1.47. The first-order chi connectivity index (χ1) is 9.83. The summed E-state index contributed by atoms with van der Waals surface area (Å²) >= 11 is 0. The number of hydrogen-bond donors (Lipinski definition) is 1. The van der Waals surface area contributed by atoms with Crippen molar-refractivity contribution in [2.45, 2.75) is 32.2 Å². The quantitative estimate of drug-likeness (QED) is 0.914. The molecule has 1 fully saturated rings. The topological polar surface area (TPSA) is 72.7 Å². The van der Waals surface area contributed by atoms with Gasteiger partial charge in [0.1, 0.15) is 5.69 Å². The molecule has 0 atom stereocenters. The van der Waals surface area contributed by atoms with Crippen LogP contribution in [0.15, 0.2) is 30.7 Å². The fourth-order valence-electron chi connectivity index (χ4n) is 2.51. The highest BCUT2D eigenvalue weighted by Gasteiger charge is 2.22. The largest absolute Gasteiger partial charge is 0.350 e. The Morgan fingerprint density at radius 3 is 2.80 bits per heavy atom. The van der Waals surface area contributed by atoms with Gasteiger partial charge in [0.15, 0.2) is 0 Å². The van der Waals surface area contributed by atoms with E-state index in [1.54, 1.807) is 17.1 Å². The van der Waals surface area contributed by atoms with Gasteiger partial charge in [-0.2, -0.15) is 0 Å². The van der Waals surface area contributed by atoms with Gasteiger partial charge in [-0.15, -0.1) is 5.10 Å². The van der Waals surface area contributed by atoms with Crippen molar-refractivity contribution in [3.8, 4) is 5.69 Å².